The smallest absolute Gasteiger partial charge is 0.182 e. The van der Waals surface area contributed by atoms with E-state index in [1.807, 2.05) is 22.9 Å². The van der Waals surface area contributed by atoms with Crippen LogP contribution < -0.4 is 0 Å². The molecule has 1 aromatic carbocycles. The Morgan fingerprint density at radius 2 is 1.88 bits per heavy atom. The Bertz CT molecular complexity index is 531. The summed E-state index contributed by atoms with van der Waals surface area (Å²) in [7, 11) is 0. The molecule has 0 amide bonds. The summed E-state index contributed by atoms with van der Waals surface area (Å²) in [6.07, 6.45) is 1.85. The molecule has 0 saturated carbocycles. The van der Waals surface area contributed by atoms with Crippen molar-refractivity contribution in [2.45, 2.75) is 6.92 Å². The highest BCUT2D eigenvalue weighted by Crippen LogP contribution is 2.20. The largest absolute Gasteiger partial charge is 0.295 e. The quantitative estimate of drug-likeness (QED) is 0.781. The highest BCUT2D eigenvalue weighted by molar-refractivity contribution is 9.11. The number of aromatic nitrogens is 2. The first kappa shape index (κ1) is 11.5. The first-order chi connectivity index (χ1) is 7.58. The van der Waals surface area contributed by atoms with Gasteiger partial charge in [-0.3, -0.25) is 9.36 Å². The van der Waals surface area contributed by atoms with Gasteiger partial charge in [0.2, 0.25) is 0 Å². The molecule has 1 heterocycles. The fraction of sp³-hybridized carbons (Fsp3) is 0.0909. The van der Waals surface area contributed by atoms with Crippen LogP contribution in [-0.2, 0) is 0 Å². The Morgan fingerprint density at radius 1 is 1.25 bits per heavy atom. The normalized spacial score (nSPS) is 10.4. The summed E-state index contributed by atoms with van der Waals surface area (Å²) < 4.78 is 3.36. The van der Waals surface area contributed by atoms with E-state index in [-0.39, 0.29) is 5.78 Å². The number of hydrogen-bond acceptors (Lipinski definition) is 2. The molecule has 0 saturated heterocycles. The van der Waals surface area contributed by atoms with Crippen LogP contribution >= 0.6 is 31.9 Å². The highest BCUT2D eigenvalue weighted by atomic mass is 79.9. The molecule has 0 N–H and O–H groups in total. The molecular formula is C11H8Br2N2O. The van der Waals surface area contributed by atoms with Crippen LogP contribution in [0.2, 0.25) is 0 Å². The lowest BCUT2D eigenvalue weighted by atomic mass is 10.1. The zero-order valence-corrected chi connectivity index (χ0v) is 11.6. The molecule has 16 heavy (non-hydrogen) atoms. The van der Waals surface area contributed by atoms with Crippen LogP contribution in [-0.4, -0.2) is 15.3 Å². The molecule has 2 aromatic rings. The lowest BCUT2D eigenvalue weighted by molar-refractivity contribution is 0.101. The predicted octanol–water partition coefficient (Wildman–Crippen LogP) is 3.60. The molecule has 0 fully saturated rings. The minimum atomic E-state index is 0.0671. The van der Waals surface area contributed by atoms with Crippen LogP contribution in [0.1, 0.15) is 17.3 Å². The van der Waals surface area contributed by atoms with Gasteiger partial charge in [0, 0.05) is 17.4 Å². The predicted molar refractivity (Wildman–Crippen MR) is 69.0 cm³/mol. The van der Waals surface area contributed by atoms with E-state index in [2.05, 4.69) is 36.8 Å². The number of imidazole rings is 1. The fourth-order valence-electron chi connectivity index (χ4n) is 1.37. The van der Waals surface area contributed by atoms with E-state index in [4.69, 9.17) is 0 Å². The van der Waals surface area contributed by atoms with Crippen molar-refractivity contribution >= 4 is 37.6 Å². The summed E-state index contributed by atoms with van der Waals surface area (Å²) in [4.78, 5) is 15.3. The number of hydrogen-bond donors (Lipinski definition) is 0. The zero-order valence-electron chi connectivity index (χ0n) is 8.45. The molecule has 0 spiro atoms. The Kier molecular flexibility index (Phi) is 3.25. The summed E-state index contributed by atoms with van der Waals surface area (Å²) in [5.41, 5.74) is 1.66. The Labute approximate surface area is 110 Å². The average Bonchev–Trinajstić information content (AvgIpc) is 2.58. The molecule has 0 atom stereocenters. The van der Waals surface area contributed by atoms with E-state index in [0.29, 0.717) is 5.56 Å². The number of carbonyl (C=O) groups is 1. The van der Waals surface area contributed by atoms with Gasteiger partial charge < -0.3 is 0 Å². The van der Waals surface area contributed by atoms with Crippen LogP contribution in [0, 0.1) is 0 Å². The number of Topliss-reactive ketones (excluding diaryl/α,β-unsaturated/α-hetero) is 1. The highest BCUT2D eigenvalue weighted by Gasteiger charge is 2.06. The number of ketones is 1. The van der Waals surface area contributed by atoms with Crippen LogP contribution in [0.3, 0.4) is 0 Å². The molecular weight excluding hydrogens is 336 g/mol. The number of nitrogens with zero attached hydrogens (tertiary/aromatic N) is 2. The Hall–Kier alpha value is -0.940. The van der Waals surface area contributed by atoms with Crippen molar-refractivity contribution in [3.63, 3.8) is 0 Å². The second-order valence-electron chi connectivity index (χ2n) is 3.31. The molecule has 0 unspecified atom stereocenters. The third-order valence-corrected chi connectivity index (χ3v) is 3.13. The fourth-order valence-corrected chi connectivity index (χ4v) is 2.48. The second kappa shape index (κ2) is 4.51. The van der Waals surface area contributed by atoms with Gasteiger partial charge in [-0.25, -0.2) is 4.98 Å². The first-order valence-corrected chi connectivity index (χ1v) is 6.18. The molecule has 0 aliphatic carbocycles. The van der Waals surface area contributed by atoms with Crippen LogP contribution in [0.4, 0.5) is 0 Å². The molecule has 82 valence electrons. The molecule has 5 heteroatoms. The molecule has 1 aromatic heterocycles. The molecule has 3 nitrogen and oxygen atoms in total. The van der Waals surface area contributed by atoms with Gasteiger partial charge in [-0.05, 0) is 63.0 Å². The third kappa shape index (κ3) is 2.25. The second-order valence-corrected chi connectivity index (χ2v) is 4.83. The van der Waals surface area contributed by atoms with Crippen LogP contribution in [0.15, 0.2) is 39.8 Å². The molecule has 2 rings (SSSR count). The molecule has 0 aliphatic heterocycles. The van der Waals surface area contributed by atoms with Gasteiger partial charge in [0.1, 0.15) is 4.60 Å². The average molecular weight is 344 g/mol. The van der Waals surface area contributed by atoms with Gasteiger partial charge in [-0.15, -0.1) is 0 Å². The van der Waals surface area contributed by atoms with E-state index in [1.54, 1.807) is 19.1 Å². The van der Waals surface area contributed by atoms with Crippen molar-refractivity contribution in [3.05, 3.63) is 45.4 Å². The van der Waals surface area contributed by atoms with Crippen molar-refractivity contribution in [2.75, 3.05) is 0 Å². The molecule has 0 radical (unpaired) electrons. The first-order valence-electron chi connectivity index (χ1n) is 4.59. The van der Waals surface area contributed by atoms with Crippen molar-refractivity contribution in [2.24, 2.45) is 0 Å². The van der Waals surface area contributed by atoms with Crippen molar-refractivity contribution in [1.29, 1.82) is 0 Å². The molecule has 0 aliphatic rings. The van der Waals surface area contributed by atoms with E-state index in [0.717, 1.165) is 15.0 Å². The van der Waals surface area contributed by atoms with Crippen molar-refractivity contribution < 1.29 is 4.79 Å². The number of halogens is 2. The third-order valence-electron chi connectivity index (χ3n) is 2.19. The lowest BCUT2D eigenvalue weighted by Gasteiger charge is -2.04. The maximum atomic E-state index is 11.1. The summed E-state index contributed by atoms with van der Waals surface area (Å²) in [5.74, 6) is 0.0671. The van der Waals surface area contributed by atoms with E-state index in [9.17, 15) is 4.79 Å². The van der Waals surface area contributed by atoms with Crippen molar-refractivity contribution in [3.8, 4) is 5.69 Å². The van der Waals surface area contributed by atoms with E-state index >= 15 is 0 Å². The van der Waals surface area contributed by atoms with Gasteiger partial charge in [-0.2, -0.15) is 0 Å². The standard InChI is InChI=1S/C11H8Br2N2O/c1-7(16)8-2-4-9(5-3-8)15-6-10(12)14-11(15)13/h2-6H,1H3. The maximum absolute atomic E-state index is 11.1. The Morgan fingerprint density at radius 3 is 2.31 bits per heavy atom. The SMILES string of the molecule is CC(=O)c1ccc(-n2cc(Br)nc2Br)cc1. The summed E-state index contributed by atoms with van der Waals surface area (Å²) in [5, 5.41) is 0. The van der Waals surface area contributed by atoms with Gasteiger partial charge in [0.15, 0.2) is 10.5 Å². The van der Waals surface area contributed by atoms with E-state index < -0.39 is 0 Å². The summed E-state index contributed by atoms with van der Waals surface area (Å²) in [6.45, 7) is 1.55. The maximum Gasteiger partial charge on any atom is 0.182 e. The lowest BCUT2D eigenvalue weighted by Crippen LogP contribution is -1.95. The van der Waals surface area contributed by atoms with Gasteiger partial charge in [-0.1, -0.05) is 0 Å². The van der Waals surface area contributed by atoms with Gasteiger partial charge in [0.25, 0.3) is 0 Å². The van der Waals surface area contributed by atoms with Crippen LogP contribution in [0.5, 0.6) is 0 Å². The monoisotopic (exact) mass is 342 g/mol. The van der Waals surface area contributed by atoms with Gasteiger partial charge >= 0.3 is 0 Å². The van der Waals surface area contributed by atoms with E-state index in [1.165, 1.54) is 0 Å². The topological polar surface area (TPSA) is 34.9 Å². The van der Waals surface area contributed by atoms with Crippen LogP contribution in [0.25, 0.3) is 5.69 Å². The minimum Gasteiger partial charge on any atom is -0.295 e. The van der Waals surface area contributed by atoms with Gasteiger partial charge in [0.05, 0.1) is 0 Å². The number of benzene rings is 1. The number of carbonyl (C=O) groups excluding carboxylic acids is 1. The minimum absolute atomic E-state index is 0.0671. The van der Waals surface area contributed by atoms with Crippen molar-refractivity contribution in [1.82, 2.24) is 9.55 Å². The Balaban J connectivity index is 2.42. The molecule has 0 bridgehead atoms. The summed E-state index contributed by atoms with van der Waals surface area (Å²) in [6, 6.07) is 7.38. The summed E-state index contributed by atoms with van der Waals surface area (Å²) >= 11 is 6.66. The number of rotatable bonds is 2. The zero-order chi connectivity index (χ0) is 11.7.